The molecule has 0 spiro atoms. The van der Waals surface area contributed by atoms with Crippen molar-refractivity contribution in [2.45, 2.75) is 24.0 Å². The standard InChI is InChI=1S/C23H17Cl2NO5S2/c1-13-2-7-18-15(8-13)10-20(28)26(23(18)29)16-5-3-14(4-6-16)9-17(27)12-33(30,31)21-11-19(24)22(25)32-21/h2-8,11H,9-10,12H2,1H3. The van der Waals surface area contributed by atoms with E-state index in [1.165, 1.54) is 6.07 Å². The van der Waals surface area contributed by atoms with Crippen molar-refractivity contribution in [2.24, 2.45) is 0 Å². The predicted molar refractivity (Wildman–Crippen MR) is 128 cm³/mol. The Morgan fingerprint density at radius 1 is 1.06 bits per heavy atom. The van der Waals surface area contributed by atoms with Crippen molar-refractivity contribution in [3.05, 3.63) is 80.1 Å². The third-order valence-corrected chi connectivity index (χ3v) is 9.27. The number of rotatable bonds is 6. The molecule has 2 heterocycles. The molecule has 0 N–H and O–H groups in total. The van der Waals surface area contributed by atoms with Crippen LogP contribution < -0.4 is 4.90 Å². The summed E-state index contributed by atoms with van der Waals surface area (Å²) in [5, 5.41) is 0.128. The Labute approximate surface area is 204 Å². The molecule has 0 unspecified atom stereocenters. The summed E-state index contributed by atoms with van der Waals surface area (Å²) in [6.45, 7) is 1.90. The van der Waals surface area contributed by atoms with Crippen molar-refractivity contribution in [1.29, 1.82) is 0 Å². The number of thiophene rings is 1. The molecule has 0 fully saturated rings. The monoisotopic (exact) mass is 521 g/mol. The molecule has 2 aromatic carbocycles. The molecule has 1 aromatic heterocycles. The number of sulfone groups is 1. The van der Waals surface area contributed by atoms with Crippen LogP contribution in [-0.4, -0.2) is 31.8 Å². The fraction of sp³-hybridized carbons (Fsp3) is 0.174. The smallest absolute Gasteiger partial charge is 0.265 e. The van der Waals surface area contributed by atoms with Crippen LogP contribution in [0.2, 0.25) is 9.36 Å². The number of hydrogen-bond donors (Lipinski definition) is 0. The number of benzene rings is 2. The lowest BCUT2D eigenvalue weighted by atomic mass is 9.96. The first-order valence-corrected chi connectivity index (χ1v) is 13.0. The molecule has 170 valence electrons. The van der Waals surface area contributed by atoms with Crippen LogP contribution in [0.25, 0.3) is 0 Å². The van der Waals surface area contributed by atoms with Crippen LogP contribution in [0.1, 0.15) is 27.0 Å². The van der Waals surface area contributed by atoms with Crippen LogP contribution in [0.3, 0.4) is 0 Å². The Morgan fingerprint density at radius 3 is 2.39 bits per heavy atom. The first-order chi connectivity index (χ1) is 15.5. The maximum Gasteiger partial charge on any atom is 0.265 e. The molecule has 4 rings (SSSR count). The highest BCUT2D eigenvalue weighted by molar-refractivity contribution is 7.94. The summed E-state index contributed by atoms with van der Waals surface area (Å²) in [6, 6.07) is 13.0. The molecule has 0 bridgehead atoms. The zero-order chi connectivity index (χ0) is 23.9. The number of hydrogen-bond acceptors (Lipinski definition) is 6. The van der Waals surface area contributed by atoms with Gasteiger partial charge >= 0.3 is 0 Å². The highest BCUT2D eigenvalue weighted by Gasteiger charge is 2.32. The fourth-order valence-corrected chi connectivity index (χ4v) is 6.82. The summed E-state index contributed by atoms with van der Waals surface area (Å²) >= 11 is 12.4. The molecule has 6 nitrogen and oxygen atoms in total. The number of Topliss-reactive ketones (excluding diaryl/α,β-unsaturated/α-hetero) is 1. The van der Waals surface area contributed by atoms with Gasteiger partial charge in [-0.3, -0.25) is 14.4 Å². The number of nitrogens with zero attached hydrogens (tertiary/aromatic N) is 1. The number of fused-ring (bicyclic) bond motifs is 1. The maximum atomic E-state index is 12.9. The SMILES string of the molecule is Cc1ccc2c(c1)CC(=O)N(c1ccc(CC(=O)CS(=O)(=O)c3cc(Cl)c(Cl)s3)cc1)C2=O. The molecule has 0 saturated heterocycles. The largest absolute Gasteiger partial charge is 0.298 e. The Bertz CT molecular complexity index is 1380. The molecule has 1 aliphatic heterocycles. The van der Waals surface area contributed by atoms with Crippen molar-refractivity contribution >= 4 is 67.7 Å². The Kier molecular flexibility index (Phi) is 6.46. The van der Waals surface area contributed by atoms with E-state index in [0.717, 1.165) is 21.8 Å². The van der Waals surface area contributed by atoms with Crippen molar-refractivity contribution in [3.63, 3.8) is 0 Å². The second-order valence-corrected chi connectivity index (χ2v) is 12.0. The molecule has 1 aliphatic rings. The predicted octanol–water partition coefficient (Wildman–Crippen LogP) is 4.68. The highest BCUT2D eigenvalue weighted by Crippen LogP contribution is 2.35. The van der Waals surface area contributed by atoms with Crippen molar-refractivity contribution in [1.82, 2.24) is 0 Å². The van der Waals surface area contributed by atoms with Crippen LogP contribution in [0.5, 0.6) is 0 Å². The number of imide groups is 1. The summed E-state index contributed by atoms with van der Waals surface area (Å²) in [5.74, 6) is -1.91. The normalized spacial score (nSPS) is 13.8. The molecule has 0 saturated carbocycles. The lowest BCUT2D eigenvalue weighted by Gasteiger charge is -2.27. The number of halogens is 2. The molecule has 33 heavy (non-hydrogen) atoms. The van der Waals surface area contributed by atoms with Gasteiger partial charge in [-0.25, -0.2) is 13.3 Å². The summed E-state index contributed by atoms with van der Waals surface area (Å²) in [5.41, 5.74) is 3.12. The average molecular weight is 522 g/mol. The second kappa shape index (κ2) is 9.02. The van der Waals surface area contributed by atoms with Crippen molar-refractivity contribution < 1.29 is 22.8 Å². The van der Waals surface area contributed by atoms with Gasteiger partial charge in [0.15, 0.2) is 15.6 Å². The third kappa shape index (κ3) is 4.89. The van der Waals surface area contributed by atoms with E-state index >= 15 is 0 Å². The molecule has 0 aliphatic carbocycles. The van der Waals surface area contributed by atoms with Gasteiger partial charge in [-0.1, -0.05) is 53.0 Å². The number of aryl methyl sites for hydroxylation is 1. The summed E-state index contributed by atoms with van der Waals surface area (Å²) < 4.78 is 25.0. The van der Waals surface area contributed by atoms with E-state index in [1.807, 2.05) is 19.1 Å². The van der Waals surface area contributed by atoms with Crippen LogP contribution in [-0.2, 0) is 32.3 Å². The average Bonchev–Trinajstić information content (AvgIpc) is 3.08. The van der Waals surface area contributed by atoms with E-state index in [2.05, 4.69) is 0 Å². The third-order valence-electron chi connectivity index (χ3n) is 5.16. The molecule has 2 amide bonds. The zero-order valence-corrected chi connectivity index (χ0v) is 20.4. The number of amides is 2. The summed E-state index contributed by atoms with van der Waals surface area (Å²) in [6.07, 6.45) is 0.00789. The van der Waals surface area contributed by atoms with Crippen LogP contribution in [0.15, 0.2) is 52.7 Å². The topological polar surface area (TPSA) is 88.6 Å². The van der Waals surface area contributed by atoms with Crippen molar-refractivity contribution in [2.75, 3.05) is 10.7 Å². The Hall–Kier alpha value is -2.52. The molecule has 0 radical (unpaired) electrons. The van der Waals surface area contributed by atoms with E-state index in [-0.39, 0.29) is 32.3 Å². The van der Waals surface area contributed by atoms with Gasteiger partial charge in [0.25, 0.3) is 5.91 Å². The number of carbonyl (C=O) groups is 3. The van der Waals surface area contributed by atoms with E-state index in [9.17, 15) is 22.8 Å². The molecule has 3 aromatic rings. The second-order valence-electron chi connectivity index (χ2n) is 7.70. The molecule has 0 atom stereocenters. The van der Waals surface area contributed by atoms with Gasteiger partial charge in [0.2, 0.25) is 5.91 Å². The van der Waals surface area contributed by atoms with Crippen LogP contribution in [0, 0.1) is 6.92 Å². The Morgan fingerprint density at radius 2 is 1.76 bits per heavy atom. The zero-order valence-electron chi connectivity index (χ0n) is 17.3. The first kappa shape index (κ1) is 23.6. The first-order valence-electron chi connectivity index (χ1n) is 9.80. The summed E-state index contributed by atoms with van der Waals surface area (Å²) in [4.78, 5) is 39.0. The van der Waals surface area contributed by atoms with Gasteiger partial charge in [0.05, 0.1) is 17.1 Å². The van der Waals surface area contributed by atoms with Gasteiger partial charge in [-0.2, -0.15) is 0 Å². The highest BCUT2D eigenvalue weighted by atomic mass is 35.5. The number of anilines is 1. The van der Waals surface area contributed by atoms with Gasteiger partial charge in [0, 0.05) is 12.0 Å². The number of ketones is 1. The van der Waals surface area contributed by atoms with E-state index in [4.69, 9.17) is 23.2 Å². The minimum absolute atomic E-state index is 0.0567. The van der Waals surface area contributed by atoms with Gasteiger partial charge < -0.3 is 0 Å². The molecular formula is C23H17Cl2NO5S2. The van der Waals surface area contributed by atoms with Crippen LogP contribution >= 0.6 is 34.5 Å². The summed E-state index contributed by atoms with van der Waals surface area (Å²) in [7, 11) is -3.85. The van der Waals surface area contributed by atoms with Gasteiger partial charge in [0.1, 0.15) is 14.3 Å². The lowest BCUT2D eigenvalue weighted by Crippen LogP contribution is -2.42. The number of carbonyl (C=O) groups excluding carboxylic acids is 3. The molecule has 10 heteroatoms. The van der Waals surface area contributed by atoms with E-state index < -0.39 is 27.3 Å². The Balaban J connectivity index is 1.47. The fourth-order valence-electron chi connectivity index (χ4n) is 3.62. The minimum Gasteiger partial charge on any atom is -0.298 e. The lowest BCUT2D eigenvalue weighted by molar-refractivity contribution is -0.118. The van der Waals surface area contributed by atoms with Crippen LogP contribution in [0.4, 0.5) is 5.69 Å². The minimum atomic E-state index is -3.85. The van der Waals surface area contributed by atoms with E-state index in [1.54, 1.807) is 30.3 Å². The quantitative estimate of drug-likeness (QED) is 0.439. The van der Waals surface area contributed by atoms with Gasteiger partial charge in [-0.15, -0.1) is 11.3 Å². The van der Waals surface area contributed by atoms with Gasteiger partial charge in [-0.05, 0) is 42.3 Å². The van der Waals surface area contributed by atoms with E-state index in [0.29, 0.717) is 22.4 Å². The molecular weight excluding hydrogens is 505 g/mol. The maximum absolute atomic E-state index is 12.9. The van der Waals surface area contributed by atoms with Crippen molar-refractivity contribution in [3.8, 4) is 0 Å².